The Morgan fingerprint density at radius 2 is 1.90 bits per heavy atom. The number of rotatable bonds is 4. The molecule has 0 unspecified atom stereocenters. The largest absolute Gasteiger partial charge is 0.368 e. The van der Waals surface area contributed by atoms with Crippen LogP contribution in [0.1, 0.15) is 36.7 Å². The number of hydrogen-bond donors (Lipinski definition) is 2. The third-order valence-corrected chi connectivity index (χ3v) is 5.90. The summed E-state index contributed by atoms with van der Waals surface area (Å²) in [6.45, 7) is 10.4. The fraction of sp³-hybridized carbons (Fsp3) is 0.455. The van der Waals surface area contributed by atoms with Gasteiger partial charge in [-0.05, 0) is 51.3 Å². The molecule has 0 bridgehead atoms. The fourth-order valence-electron chi connectivity index (χ4n) is 4.31. The average molecular weight is 405 g/mol. The van der Waals surface area contributed by atoms with E-state index in [1.807, 2.05) is 18.5 Å². The number of nitrogens with zero attached hydrogens (tertiary/aromatic N) is 6. The molecule has 8 nitrogen and oxygen atoms in total. The molecule has 1 aliphatic carbocycles. The summed E-state index contributed by atoms with van der Waals surface area (Å²) in [6, 6.07) is 4.38. The van der Waals surface area contributed by atoms with Crippen molar-refractivity contribution in [3.63, 3.8) is 0 Å². The number of aryl methyl sites for hydroxylation is 2. The molecule has 0 saturated carbocycles. The third kappa shape index (κ3) is 3.41. The lowest BCUT2D eigenvalue weighted by Gasteiger charge is -2.29. The van der Waals surface area contributed by atoms with Crippen molar-refractivity contribution in [2.24, 2.45) is 0 Å². The Balaban J connectivity index is 1.42. The maximum Gasteiger partial charge on any atom is 0.228 e. The van der Waals surface area contributed by atoms with Gasteiger partial charge in [-0.3, -0.25) is 4.68 Å². The van der Waals surface area contributed by atoms with Gasteiger partial charge in [0, 0.05) is 44.0 Å². The van der Waals surface area contributed by atoms with Crippen molar-refractivity contribution in [1.82, 2.24) is 30.0 Å². The lowest BCUT2D eigenvalue weighted by Crippen LogP contribution is -2.43. The highest BCUT2D eigenvalue weighted by atomic mass is 15.3. The van der Waals surface area contributed by atoms with Gasteiger partial charge in [0.1, 0.15) is 5.82 Å². The van der Waals surface area contributed by atoms with Crippen LogP contribution >= 0.6 is 0 Å². The van der Waals surface area contributed by atoms with Crippen LogP contribution in [0.4, 0.5) is 17.5 Å². The molecule has 0 amide bonds. The van der Waals surface area contributed by atoms with Gasteiger partial charge in [0.25, 0.3) is 0 Å². The Morgan fingerprint density at radius 1 is 1.07 bits per heavy atom. The Morgan fingerprint density at radius 3 is 2.63 bits per heavy atom. The van der Waals surface area contributed by atoms with Gasteiger partial charge >= 0.3 is 0 Å². The van der Waals surface area contributed by atoms with Crippen LogP contribution in [0.2, 0.25) is 0 Å². The molecule has 1 aliphatic heterocycles. The van der Waals surface area contributed by atoms with E-state index >= 15 is 0 Å². The van der Waals surface area contributed by atoms with Crippen LogP contribution in [0.15, 0.2) is 24.5 Å². The predicted molar refractivity (Wildman–Crippen MR) is 118 cm³/mol. The first-order chi connectivity index (χ1) is 14.6. The second-order valence-corrected chi connectivity index (χ2v) is 8.28. The van der Waals surface area contributed by atoms with Gasteiger partial charge in [0.2, 0.25) is 5.95 Å². The van der Waals surface area contributed by atoms with Gasteiger partial charge in [-0.25, -0.2) is 15.0 Å². The number of nitrogens with one attached hydrogen (secondary N) is 2. The predicted octanol–water partition coefficient (Wildman–Crippen LogP) is 2.88. The molecule has 1 fully saturated rings. The van der Waals surface area contributed by atoms with E-state index in [0.717, 1.165) is 67.6 Å². The van der Waals surface area contributed by atoms with Gasteiger partial charge in [-0.1, -0.05) is 0 Å². The Bertz CT molecular complexity index is 1050. The molecule has 1 saturated heterocycles. The van der Waals surface area contributed by atoms with E-state index in [1.54, 1.807) is 0 Å². The van der Waals surface area contributed by atoms with Crippen molar-refractivity contribution in [2.75, 3.05) is 36.4 Å². The van der Waals surface area contributed by atoms with Gasteiger partial charge in [0.05, 0.1) is 29.0 Å². The molecule has 2 N–H and O–H groups in total. The average Bonchev–Trinajstić information content (AvgIpc) is 3.12. The molecule has 0 radical (unpaired) electrons. The van der Waals surface area contributed by atoms with Crippen molar-refractivity contribution in [3.05, 3.63) is 41.3 Å². The van der Waals surface area contributed by atoms with Gasteiger partial charge in [-0.15, -0.1) is 0 Å². The summed E-state index contributed by atoms with van der Waals surface area (Å²) in [5, 5.41) is 11.4. The molecular weight excluding hydrogens is 376 g/mol. The monoisotopic (exact) mass is 404 g/mol. The highest BCUT2D eigenvalue weighted by Gasteiger charge is 2.26. The summed E-state index contributed by atoms with van der Waals surface area (Å²) in [5.41, 5.74) is 6.85. The van der Waals surface area contributed by atoms with Crippen molar-refractivity contribution in [2.45, 2.75) is 39.7 Å². The maximum atomic E-state index is 4.88. The van der Waals surface area contributed by atoms with E-state index in [-0.39, 0.29) is 6.04 Å². The number of fused-ring (bicyclic) bond motifs is 3. The van der Waals surface area contributed by atoms with Gasteiger partial charge in [-0.2, -0.15) is 5.10 Å². The lowest BCUT2D eigenvalue weighted by molar-refractivity contribution is 0.533. The maximum absolute atomic E-state index is 4.88. The van der Waals surface area contributed by atoms with Crippen LogP contribution in [0.5, 0.6) is 0 Å². The van der Waals surface area contributed by atoms with E-state index in [0.29, 0.717) is 5.95 Å². The molecule has 8 heteroatoms. The topological polar surface area (TPSA) is 83.8 Å². The Kier molecular flexibility index (Phi) is 4.86. The SMILES string of the molecule is Cc1nn(C(C)C)c2c1CCc1cnc(Nc3ccc(N4CCNCC4)cn3)nc1-2. The first kappa shape index (κ1) is 19.0. The summed E-state index contributed by atoms with van der Waals surface area (Å²) in [7, 11) is 0. The molecule has 3 aromatic rings. The van der Waals surface area contributed by atoms with Crippen LogP contribution in [0.3, 0.4) is 0 Å². The zero-order chi connectivity index (χ0) is 20.7. The Labute approximate surface area is 176 Å². The van der Waals surface area contributed by atoms with Crippen LogP contribution in [0.25, 0.3) is 11.4 Å². The van der Waals surface area contributed by atoms with E-state index in [4.69, 9.17) is 10.1 Å². The smallest absolute Gasteiger partial charge is 0.228 e. The van der Waals surface area contributed by atoms with Crippen LogP contribution in [-0.4, -0.2) is 50.9 Å². The van der Waals surface area contributed by atoms with Crippen molar-refractivity contribution >= 4 is 17.5 Å². The van der Waals surface area contributed by atoms with E-state index in [2.05, 4.69) is 57.0 Å². The summed E-state index contributed by atoms with van der Waals surface area (Å²) < 4.78 is 2.10. The molecule has 156 valence electrons. The summed E-state index contributed by atoms with van der Waals surface area (Å²) in [4.78, 5) is 16.4. The van der Waals surface area contributed by atoms with Gasteiger partial charge in [0.15, 0.2) is 0 Å². The molecule has 0 spiro atoms. The highest BCUT2D eigenvalue weighted by molar-refractivity contribution is 5.68. The van der Waals surface area contributed by atoms with Crippen molar-refractivity contribution in [3.8, 4) is 11.4 Å². The molecule has 0 atom stereocenters. The number of piperazine rings is 1. The second kappa shape index (κ2) is 7.68. The minimum Gasteiger partial charge on any atom is -0.368 e. The molecular formula is C22H28N8. The molecule has 5 rings (SSSR count). The fourth-order valence-corrected chi connectivity index (χ4v) is 4.31. The second-order valence-electron chi connectivity index (χ2n) is 8.28. The first-order valence-corrected chi connectivity index (χ1v) is 10.7. The zero-order valence-corrected chi connectivity index (χ0v) is 17.8. The minimum atomic E-state index is 0.281. The lowest BCUT2D eigenvalue weighted by atomic mass is 9.93. The highest BCUT2D eigenvalue weighted by Crippen LogP contribution is 2.35. The van der Waals surface area contributed by atoms with E-state index in [1.165, 1.54) is 11.1 Å². The van der Waals surface area contributed by atoms with Crippen molar-refractivity contribution in [1.29, 1.82) is 0 Å². The summed E-state index contributed by atoms with van der Waals surface area (Å²) in [6.07, 6.45) is 5.80. The number of hydrogen-bond acceptors (Lipinski definition) is 7. The minimum absolute atomic E-state index is 0.281. The molecule has 4 heterocycles. The molecule has 30 heavy (non-hydrogen) atoms. The number of pyridine rings is 1. The molecule has 3 aromatic heterocycles. The summed E-state index contributed by atoms with van der Waals surface area (Å²) >= 11 is 0. The molecule has 0 aromatic carbocycles. The first-order valence-electron chi connectivity index (χ1n) is 10.7. The van der Waals surface area contributed by atoms with Crippen molar-refractivity contribution < 1.29 is 0 Å². The third-order valence-electron chi connectivity index (χ3n) is 5.90. The van der Waals surface area contributed by atoms with Crippen LogP contribution in [-0.2, 0) is 12.8 Å². The Hall–Kier alpha value is -3.00. The van der Waals surface area contributed by atoms with E-state index in [9.17, 15) is 0 Å². The van der Waals surface area contributed by atoms with E-state index < -0.39 is 0 Å². The van der Waals surface area contributed by atoms with Gasteiger partial charge < -0.3 is 15.5 Å². The normalized spacial score (nSPS) is 15.8. The zero-order valence-electron chi connectivity index (χ0n) is 17.8. The molecule has 2 aliphatic rings. The number of aromatic nitrogens is 5. The number of anilines is 3. The standard InChI is InChI=1S/C22H28N8/c1-14(2)30-21-18(15(3)28-30)6-4-16-12-25-22(27-20(16)21)26-19-7-5-17(13-24-19)29-10-8-23-9-11-29/h5,7,12-14,23H,4,6,8-11H2,1-3H3,(H,24,25,26,27). The van der Waals surface area contributed by atoms with Crippen LogP contribution in [0, 0.1) is 6.92 Å². The quantitative estimate of drug-likeness (QED) is 0.692. The summed E-state index contributed by atoms with van der Waals surface area (Å²) in [5.74, 6) is 1.32. The van der Waals surface area contributed by atoms with Crippen LogP contribution < -0.4 is 15.5 Å².